The second kappa shape index (κ2) is 6.70. The van der Waals surface area contributed by atoms with Crippen LogP contribution in [-0.2, 0) is 17.8 Å². The Morgan fingerprint density at radius 2 is 2.00 bits per heavy atom. The summed E-state index contributed by atoms with van der Waals surface area (Å²) < 4.78 is 0. The second-order valence-electron chi connectivity index (χ2n) is 5.92. The lowest BCUT2D eigenvalue weighted by molar-refractivity contribution is -0.121. The highest BCUT2D eigenvalue weighted by atomic mass is 16.1. The van der Waals surface area contributed by atoms with E-state index in [0.717, 1.165) is 28.1 Å². The molecule has 0 saturated heterocycles. The summed E-state index contributed by atoms with van der Waals surface area (Å²) in [6.07, 6.45) is 0.854. The van der Waals surface area contributed by atoms with E-state index in [1.54, 1.807) is 0 Å². The Balaban J connectivity index is 1.57. The minimum atomic E-state index is -0.148. The number of aryl methyl sites for hydroxylation is 3. The Kier molecular flexibility index (Phi) is 4.46. The van der Waals surface area contributed by atoms with Gasteiger partial charge in [-0.2, -0.15) is 0 Å². The Bertz CT molecular complexity index is 907. The molecule has 2 heterocycles. The van der Waals surface area contributed by atoms with Gasteiger partial charge >= 0.3 is 0 Å². The average molecular weight is 324 g/mol. The third-order valence-corrected chi connectivity index (χ3v) is 3.98. The van der Waals surface area contributed by atoms with Crippen LogP contribution in [0.25, 0.3) is 11.0 Å². The third-order valence-electron chi connectivity index (χ3n) is 3.98. The van der Waals surface area contributed by atoms with Crippen LogP contribution in [0.4, 0.5) is 0 Å². The first-order chi connectivity index (χ1) is 11.5. The number of para-hydroxylation sites is 2. The lowest BCUT2D eigenvalue weighted by Crippen LogP contribution is -2.28. The van der Waals surface area contributed by atoms with Crippen molar-refractivity contribution in [2.45, 2.75) is 33.2 Å². The number of imidazole rings is 1. The largest absolute Gasteiger partial charge is 0.352 e. The van der Waals surface area contributed by atoms with Crippen LogP contribution < -0.4 is 10.9 Å². The number of nitrogens with zero attached hydrogens (tertiary/aromatic N) is 1. The molecular formula is C18H20N4O2. The summed E-state index contributed by atoms with van der Waals surface area (Å²) in [5, 5.41) is 2.80. The summed E-state index contributed by atoms with van der Waals surface area (Å²) in [4.78, 5) is 34.4. The second-order valence-corrected chi connectivity index (χ2v) is 5.92. The molecule has 0 unspecified atom stereocenters. The first kappa shape index (κ1) is 16.0. The zero-order valence-corrected chi connectivity index (χ0v) is 13.8. The molecule has 0 bridgehead atoms. The van der Waals surface area contributed by atoms with E-state index in [4.69, 9.17) is 0 Å². The van der Waals surface area contributed by atoms with E-state index in [9.17, 15) is 9.59 Å². The molecule has 0 aliphatic heterocycles. The quantitative estimate of drug-likeness (QED) is 0.671. The van der Waals surface area contributed by atoms with Crippen LogP contribution in [0.1, 0.15) is 29.1 Å². The number of H-pyrrole nitrogens is 2. The van der Waals surface area contributed by atoms with Crippen molar-refractivity contribution in [2.75, 3.05) is 0 Å². The number of rotatable bonds is 5. The molecule has 24 heavy (non-hydrogen) atoms. The van der Waals surface area contributed by atoms with Gasteiger partial charge < -0.3 is 15.3 Å². The summed E-state index contributed by atoms with van der Waals surface area (Å²) in [6, 6.07) is 9.66. The number of amides is 1. The molecule has 3 N–H and O–H groups in total. The van der Waals surface area contributed by atoms with Gasteiger partial charge in [-0.15, -0.1) is 0 Å². The molecule has 2 aromatic heterocycles. The molecule has 0 radical (unpaired) electrons. The summed E-state index contributed by atoms with van der Waals surface area (Å²) in [5.74, 6) is 0.686. The highest BCUT2D eigenvalue weighted by molar-refractivity contribution is 5.77. The van der Waals surface area contributed by atoms with E-state index in [1.165, 1.54) is 0 Å². The minimum absolute atomic E-state index is 0.102. The Morgan fingerprint density at radius 1 is 1.21 bits per heavy atom. The van der Waals surface area contributed by atoms with Gasteiger partial charge in [0.2, 0.25) is 5.91 Å². The maximum Gasteiger partial charge on any atom is 0.253 e. The number of aromatic amines is 2. The number of hydrogen-bond acceptors (Lipinski definition) is 3. The lowest BCUT2D eigenvalue weighted by Gasteiger charge is -2.07. The topological polar surface area (TPSA) is 90.6 Å². The number of nitrogens with one attached hydrogen (secondary N) is 3. The van der Waals surface area contributed by atoms with Crippen molar-refractivity contribution < 1.29 is 4.79 Å². The molecule has 3 aromatic rings. The van der Waals surface area contributed by atoms with Gasteiger partial charge in [-0.1, -0.05) is 12.1 Å². The van der Waals surface area contributed by atoms with Gasteiger partial charge in [-0.05, 0) is 37.6 Å². The van der Waals surface area contributed by atoms with Crippen molar-refractivity contribution in [1.82, 2.24) is 20.3 Å². The van der Waals surface area contributed by atoms with Crippen molar-refractivity contribution in [1.29, 1.82) is 0 Å². The summed E-state index contributed by atoms with van der Waals surface area (Å²) in [5.41, 5.74) is 4.01. The van der Waals surface area contributed by atoms with Crippen LogP contribution in [-0.4, -0.2) is 20.9 Å². The molecule has 0 spiro atoms. The van der Waals surface area contributed by atoms with Crippen LogP contribution in [0.3, 0.4) is 0 Å². The molecule has 0 aliphatic rings. The lowest BCUT2D eigenvalue weighted by atomic mass is 10.1. The van der Waals surface area contributed by atoms with Crippen LogP contribution in [0.15, 0.2) is 35.1 Å². The summed E-state index contributed by atoms with van der Waals surface area (Å²) in [7, 11) is 0. The average Bonchev–Trinajstić information content (AvgIpc) is 2.94. The van der Waals surface area contributed by atoms with Crippen molar-refractivity contribution in [3.05, 3.63) is 63.3 Å². The van der Waals surface area contributed by atoms with Crippen LogP contribution in [0.2, 0.25) is 0 Å². The maximum atomic E-state index is 12.0. The predicted molar refractivity (Wildman–Crippen MR) is 92.8 cm³/mol. The summed E-state index contributed by atoms with van der Waals surface area (Å²) in [6.45, 7) is 3.95. The predicted octanol–water partition coefficient (Wildman–Crippen LogP) is 2.12. The van der Waals surface area contributed by atoms with Gasteiger partial charge in [0.25, 0.3) is 5.56 Å². The van der Waals surface area contributed by atoms with E-state index in [-0.39, 0.29) is 18.0 Å². The van der Waals surface area contributed by atoms with Gasteiger partial charge in [-0.3, -0.25) is 9.59 Å². The fourth-order valence-corrected chi connectivity index (χ4v) is 2.73. The van der Waals surface area contributed by atoms with Gasteiger partial charge in [0.05, 0.1) is 11.0 Å². The van der Waals surface area contributed by atoms with Crippen molar-refractivity contribution in [3.8, 4) is 0 Å². The van der Waals surface area contributed by atoms with E-state index in [1.807, 2.05) is 44.2 Å². The van der Waals surface area contributed by atoms with Gasteiger partial charge in [0, 0.05) is 30.6 Å². The number of carbonyl (C=O) groups is 1. The minimum Gasteiger partial charge on any atom is -0.352 e. The van der Waals surface area contributed by atoms with E-state index < -0.39 is 0 Å². The molecule has 3 rings (SSSR count). The number of fused-ring (bicyclic) bond motifs is 1. The normalized spacial score (nSPS) is 10.9. The highest BCUT2D eigenvalue weighted by Crippen LogP contribution is 2.11. The SMILES string of the molecule is Cc1cc(C)c(CNC(=O)CCc2nc3ccccc3[nH]2)c(=O)[nH]1. The molecule has 0 fully saturated rings. The smallest absolute Gasteiger partial charge is 0.253 e. The summed E-state index contributed by atoms with van der Waals surface area (Å²) >= 11 is 0. The van der Waals surface area contributed by atoms with Crippen molar-refractivity contribution >= 4 is 16.9 Å². The van der Waals surface area contributed by atoms with Gasteiger partial charge in [0.1, 0.15) is 5.82 Å². The van der Waals surface area contributed by atoms with Crippen molar-refractivity contribution in [2.24, 2.45) is 0 Å². The van der Waals surface area contributed by atoms with Crippen LogP contribution >= 0.6 is 0 Å². The number of pyridine rings is 1. The number of hydrogen-bond donors (Lipinski definition) is 3. The number of carbonyl (C=O) groups excluding carboxylic acids is 1. The number of benzene rings is 1. The van der Waals surface area contributed by atoms with Gasteiger partial charge in [-0.25, -0.2) is 4.98 Å². The number of aromatic nitrogens is 3. The molecule has 6 heteroatoms. The zero-order valence-electron chi connectivity index (χ0n) is 13.8. The zero-order chi connectivity index (χ0) is 17.1. The van der Waals surface area contributed by atoms with E-state index in [0.29, 0.717) is 18.4 Å². The van der Waals surface area contributed by atoms with E-state index >= 15 is 0 Å². The first-order valence-electron chi connectivity index (χ1n) is 7.92. The third kappa shape index (κ3) is 3.53. The fourth-order valence-electron chi connectivity index (χ4n) is 2.73. The Labute approximate surface area is 139 Å². The highest BCUT2D eigenvalue weighted by Gasteiger charge is 2.09. The first-order valence-corrected chi connectivity index (χ1v) is 7.92. The van der Waals surface area contributed by atoms with Gasteiger partial charge in [0.15, 0.2) is 0 Å². The van der Waals surface area contributed by atoms with Crippen LogP contribution in [0.5, 0.6) is 0 Å². The Morgan fingerprint density at radius 3 is 2.75 bits per heavy atom. The van der Waals surface area contributed by atoms with Crippen molar-refractivity contribution in [3.63, 3.8) is 0 Å². The molecule has 0 aliphatic carbocycles. The molecule has 0 saturated carbocycles. The molecule has 0 atom stereocenters. The molecule has 1 aromatic carbocycles. The molecule has 1 amide bonds. The Hall–Kier alpha value is -2.89. The molecule has 6 nitrogen and oxygen atoms in total. The monoisotopic (exact) mass is 324 g/mol. The maximum absolute atomic E-state index is 12.0. The molecule has 124 valence electrons. The standard InChI is InChI=1S/C18H20N4O2/c1-11-9-12(2)20-18(24)13(11)10-19-17(23)8-7-16-21-14-5-3-4-6-15(14)22-16/h3-6,9H,7-8,10H2,1-2H3,(H,19,23)(H,20,24)(H,21,22). The molecular weight excluding hydrogens is 304 g/mol. The van der Waals surface area contributed by atoms with E-state index in [2.05, 4.69) is 20.3 Å². The fraction of sp³-hybridized carbons (Fsp3) is 0.278. The van der Waals surface area contributed by atoms with Crippen LogP contribution in [0, 0.1) is 13.8 Å².